The number of piperazine rings is 1. The Bertz CT molecular complexity index is 783. The van der Waals surface area contributed by atoms with E-state index in [0.717, 1.165) is 11.6 Å². The van der Waals surface area contributed by atoms with Gasteiger partial charge in [0, 0.05) is 51.9 Å². The van der Waals surface area contributed by atoms with Crippen LogP contribution in [0.15, 0.2) is 42.5 Å². The fourth-order valence-electron chi connectivity index (χ4n) is 2.76. The average Bonchev–Trinajstić information content (AvgIpc) is 2.67. The van der Waals surface area contributed by atoms with Crippen LogP contribution in [-0.4, -0.2) is 61.3 Å². The Balaban J connectivity index is 1.56. The van der Waals surface area contributed by atoms with Crippen LogP contribution in [0.1, 0.15) is 5.56 Å². The second-order valence-electron chi connectivity index (χ2n) is 6.31. The molecule has 0 saturated carbocycles. The lowest BCUT2D eigenvalue weighted by Gasteiger charge is -2.34. The first kappa shape index (κ1) is 17.8. The predicted molar refractivity (Wildman–Crippen MR) is 101 cm³/mol. The van der Waals surface area contributed by atoms with Gasteiger partial charge in [0.05, 0.1) is 0 Å². The standard InChI is InChI=1S/C19H22FN5O/c1-23(2)17-8-9-18(22-21-17)24-11-13-25(14-12-24)19(26)10-7-15-5-3-4-6-16(15)20/h3-10H,11-14H2,1-2H3/b10-7+. The van der Waals surface area contributed by atoms with Crippen LogP contribution in [0, 0.1) is 5.82 Å². The summed E-state index contributed by atoms with van der Waals surface area (Å²) in [6.07, 6.45) is 2.95. The van der Waals surface area contributed by atoms with Gasteiger partial charge in [-0.1, -0.05) is 18.2 Å². The number of rotatable bonds is 4. The van der Waals surface area contributed by atoms with Crippen molar-refractivity contribution in [3.63, 3.8) is 0 Å². The topological polar surface area (TPSA) is 52.6 Å². The van der Waals surface area contributed by atoms with Crippen LogP contribution in [0.5, 0.6) is 0 Å². The summed E-state index contributed by atoms with van der Waals surface area (Å²) in [4.78, 5) is 18.1. The van der Waals surface area contributed by atoms with Gasteiger partial charge in [-0.3, -0.25) is 4.79 Å². The number of amides is 1. The van der Waals surface area contributed by atoms with Gasteiger partial charge < -0.3 is 14.7 Å². The van der Waals surface area contributed by atoms with Gasteiger partial charge in [-0.25, -0.2) is 4.39 Å². The van der Waals surface area contributed by atoms with Crippen LogP contribution in [0.3, 0.4) is 0 Å². The van der Waals surface area contributed by atoms with Gasteiger partial charge in [-0.2, -0.15) is 0 Å². The van der Waals surface area contributed by atoms with Crippen LogP contribution in [0.25, 0.3) is 6.08 Å². The van der Waals surface area contributed by atoms with Crippen LogP contribution < -0.4 is 9.80 Å². The second kappa shape index (κ2) is 7.95. The van der Waals surface area contributed by atoms with Gasteiger partial charge >= 0.3 is 0 Å². The monoisotopic (exact) mass is 355 g/mol. The number of aromatic nitrogens is 2. The Kier molecular flexibility index (Phi) is 5.46. The van der Waals surface area contributed by atoms with Gasteiger partial charge in [0.1, 0.15) is 5.82 Å². The molecule has 0 unspecified atom stereocenters. The van der Waals surface area contributed by atoms with E-state index in [1.165, 1.54) is 18.2 Å². The highest BCUT2D eigenvalue weighted by molar-refractivity contribution is 5.92. The molecule has 2 heterocycles. The number of benzene rings is 1. The number of anilines is 2. The number of carbonyl (C=O) groups is 1. The van der Waals surface area contributed by atoms with Crippen molar-refractivity contribution in [1.82, 2.24) is 15.1 Å². The lowest BCUT2D eigenvalue weighted by atomic mass is 10.2. The van der Waals surface area contributed by atoms with E-state index in [2.05, 4.69) is 15.1 Å². The highest BCUT2D eigenvalue weighted by atomic mass is 19.1. The first-order valence-corrected chi connectivity index (χ1v) is 8.52. The summed E-state index contributed by atoms with van der Waals surface area (Å²) in [6, 6.07) is 10.3. The highest BCUT2D eigenvalue weighted by Crippen LogP contribution is 2.16. The molecular weight excluding hydrogens is 333 g/mol. The molecule has 1 aliphatic heterocycles. The molecule has 1 amide bonds. The summed E-state index contributed by atoms with van der Waals surface area (Å²) in [6.45, 7) is 2.57. The molecule has 0 bridgehead atoms. The maximum absolute atomic E-state index is 13.6. The highest BCUT2D eigenvalue weighted by Gasteiger charge is 2.20. The fraction of sp³-hybridized carbons (Fsp3) is 0.316. The first-order chi connectivity index (χ1) is 12.5. The van der Waals surface area contributed by atoms with Gasteiger partial charge in [0.25, 0.3) is 0 Å². The van der Waals surface area contributed by atoms with Gasteiger partial charge in [0.2, 0.25) is 5.91 Å². The summed E-state index contributed by atoms with van der Waals surface area (Å²) >= 11 is 0. The molecule has 0 N–H and O–H groups in total. The molecule has 1 saturated heterocycles. The molecule has 1 aliphatic rings. The third-order valence-corrected chi connectivity index (χ3v) is 4.32. The normalized spacial score (nSPS) is 14.7. The number of hydrogen-bond donors (Lipinski definition) is 0. The second-order valence-corrected chi connectivity index (χ2v) is 6.31. The molecular formula is C19H22FN5O. The zero-order valence-electron chi connectivity index (χ0n) is 15.0. The van der Waals surface area contributed by atoms with Crippen molar-refractivity contribution in [2.24, 2.45) is 0 Å². The molecule has 0 radical (unpaired) electrons. The van der Waals surface area contributed by atoms with Crippen molar-refractivity contribution in [2.75, 3.05) is 50.1 Å². The van der Waals surface area contributed by atoms with E-state index < -0.39 is 0 Å². The SMILES string of the molecule is CN(C)c1ccc(N2CCN(C(=O)/C=C/c3ccccc3F)CC2)nn1. The zero-order chi connectivity index (χ0) is 18.5. The molecule has 1 aromatic carbocycles. The molecule has 0 aliphatic carbocycles. The van der Waals surface area contributed by atoms with E-state index in [1.54, 1.807) is 23.1 Å². The minimum atomic E-state index is -0.332. The lowest BCUT2D eigenvalue weighted by molar-refractivity contribution is -0.126. The predicted octanol–water partition coefficient (Wildman–Crippen LogP) is 2.04. The number of carbonyl (C=O) groups excluding carboxylic acids is 1. The van der Waals surface area contributed by atoms with Gasteiger partial charge in [-0.05, 0) is 24.3 Å². The smallest absolute Gasteiger partial charge is 0.246 e. The molecule has 6 nitrogen and oxygen atoms in total. The van der Waals surface area contributed by atoms with E-state index in [4.69, 9.17) is 0 Å². The molecule has 0 atom stereocenters. The molecule has 136 valence electrons. The summed E-state index contributed by atoms with van der Waals surface area (Å²) in [5, 5.41) is 8.44. The van der Waals surface area contributed by atoms with Crippen molar-refractivity contribution in [2.45, 2.75) is 0 Å². The van der Waals surface area contributed by atoms with Crippen LogP contribution >= 0.6 is 0 Å². The molecule has 26 heavy (non-hydrogen) atoms. The number of hydrogen-bond acceptors (Lipinski definition) is 5. The Hall–Kier alpha value is -2.96. The van der Waals surface area contributed by atoms with E-state index in [-0.39, 0.29) is 11.7 Å². The minimum absolute atomic E-state index is 0.109. The van der Waals surface area contributed by atoms with Crippen molar-refractivity contribution < 1.29 is 9.18 Å². The van der Waals surface area contributed by atoms with Crippen molar-refractivity contribution in [1.29, 1.82) is 0 Å². The van der Waals surface area contributed by atoms with E-state index >= 15 is 0 Å². The molecule has 3 rings (SSSR count). The third-order valence-electron chi connectivity index (χ3n) is 4.32. The number of halogens is 1. The van der Waals surface area contributed by atoms with Crippen molar-refractivity contribution in [3.8, 4) is 0 Å². The van der Waals surface area contributed by atoms with Crippen molar-refractivity contribution >= 4 is 23.6 Å². The molecule has 0 spiro atoms. The van der Waals surface area contributed by atoms with Crippen LogP contribution in [-0.2, 0) is 4.79 Å². The van der Waals surface area contributed by atoms with E-state index in [0.29, 0.717) is 31.7 Å². The molecule has 1 aromatic heterocycles. The Morgan fingerprint density at radius 2 is 1.81 bits per heavy atom. The maximum Gasteiger partial charge on any atom is 0.246 e. The van der Waals surface area contributed by atoms with Crippen LogP contribution in [0.2, 0.25) is 0 Å². The zero-order valence-corrected chi connectivity index (χ0v) is 15.0. The minimum Gasteiger partial charge on any atom is -0.361 e. The van der Waals surface area contributed by atoms with Crippen molar-refractivity contribution in [3.05, 3.63) is 53.9 Å². The average molecular weight is 355 g/mol. The largest absolute Gasteiger partial charge is 0.361 e. The Morgan fingerprint density at radius 3 is 2.42 bits per heavy atom. The summed E-state index contributed by atoms with van der Waals surface area (Å²) < 4.78 is 13.6. The van der Waals surface area contributed by atoms with E-state index in [1.807, 2.05) is 31.1 Å². The first-order valence-electron chi connectivity index (χ1n) is 8.52. The van der Waals surface area contributed by atoms with E-state index in [9.17, 15) is 9.18 Å². The molecule has 2 aromatic rings. The lowest BCUT2D eigenvalue weighted by Crippen LogP contribution is -2.48. The maximum atomic E-state index is 13.6. The summed E-state index contributed by atoms with van der Waals surface area (Å²) in [5.74, 6) is 1.17. The third kappa shape index (κ3) is 4.17. The summed E-state index contributed by atoms with van der Waals surface area (Å²) in [5.41, 5.74) is 0.413. The summed E-state index contributed by atoms with van der Waals surface area (Å²) in [7, 11) is 3.84. The fourth-order valence-corrected chi connectivity index (χ4v) is 2.76. The molecule has 1 fully saturated rings. The van der Waals surface area contributed by atoms with Gasteiger partial charge in [-0.15, -0.1) is 10.2 Å². The Labute approximate surface area is 152 Å². The van der Waals surface area contributed by atoms with Crippen LogP contribution in [0.4, 0.5) is 16.0 Å². The quantitative estimate of drug-likeness (QED) is 0.786. The Morgan fingerprint density at radius 1 is 1.08 bits per heavy atom. The van der Waals surface area contributed by atoms with Gasteiger partial charge in [0.15, 0.2) is 11.6 Å². The number of nitrogens with zero attached hydrogens (tertiary/aromatic N) is 5. The molecule has 7 heteroatoms.